The highest BCUT2D eigenvalue weighted by Crippen LogP contribution is 2.12. The highest BCUT2D eigenvalue weighted by molar-refractivity contribution is 7.85. The van der Waals surface area contributed by atoms with Crippen molar-refractivity contribution < 1.29 is 35.1 Å². The van der Waals surface area contributed by atoms with E-state index in [-0.39, 0.29) is 5.75 Å². The van der Waals surface area contributed by atoms with Gasteiger partial charge in [0, 0.05) is 0 Å². The van der Waals surface area contributed by atoms with Crippen LogP contribution in [0.5, 0.6) is 0 Å². The fourth-order valence-electron chi connectivity index (χ4n) is 2.49. The molecule has 0 bridgehead atoms. The topological polar surface area (TPSA) is 141 Å². The molecule has 0 aliphatic carbocycles. The normalized spacial score (nSPS) is 12.0. The molecule has 2 rings (SSSR count). The van der Waals surface area contributed by atoms with E-state index in [0.29, 0.717) is 6.42 Å². The number of hydrogen-bond donors (Lipinski definition) is 2. The first-order valence-electron chi connectivity index (χ1n) is 8.12. The zero-order valence-electron chi connectivity index (χ0n) is 14.5. The summed E-state index contributed by atoms with van der Waals surface area (Å²) in [7, 11) is -8.76. The molecule has 0 aliphatic rings. The Balaban J connectivity index is 0.000000597. The Hall–Kier alpha value is -1.53. The minimum absolute atomic E-state index is 0.165. The quantitative estimate of drug-likeness (QED) is 0.291. The molecule has 11 heteroatoms. The summed E-state index contributed by atoms with van der Waals surface area (Å²) in [5.74, 6) is -0.165. The maximum Gasteiger partial charge on any atom is 0.264 e. The number of nitrogens with zero attached hydrogens (tertiary/aromatic N) is 2. The van der Waals surface area contributed by atoms with Crippen molar-refractivity contribution in [3.05, 3.63) is 30.6 Å². The average molecular weight is 408 g/mol. The Bertz CT molecular complexity index is 897. The maximum atomic E-state index is 10.7. The Labute approximate surface area is 153 Å². The third-order valence-corrected chi connectivity index (χ3v) is 4.39. The Kier molecular flexibility index (Phi) is 8.63. The largest absolute Gasteiger partial charge is 0.726 e. The van der Waals surface area contributed by atoms with Gasteiger partial charge in [0.25, 0.3) is 10.1 Å². The van der Waals surface area contributed by atoms with Crippen molar-refractivity contribution in [2.24, 2.45) is 0 Å². The monoisotopic (exact) mass is 408 g/mol. The number of para-hydroxylation sites is 2. The second-order valence-corrected chi connectivity index (χ2v) is 8.19. The zero-order valence-corrected chi connectivity index (χ0v) is 16.1. The van der Waals surface area contributed by atoms with Crippen LogP contribution in [-0.4, -0.2) is 40.8 Å². The number of unbranched alkanes of at least 4 members (excludes halogenated alkanes) is 2. The van der Waals surface area contributed by atoms with Crippen LogP contribution >= 0.6 is 0 Å². The van der Waals surface area contributed by atoms with Crippen molar-refractivity contribution in [3.8, 4) is 0 Å². The Morgan fingerprint density at radius 2 is 1.69 bits per heavy atom. The number of hydrogen-bond acceptors (Lipinski definition) is 5. The van der Waals surface area contributed by atoms with Crippen molar-refractivity contribution in [1.82, 2.24) is 4.57 Å². The van der Waals surface area contributed by atoms with Gasteiger partial charge in [0.2, 0.25) is 16.7 Å². The molecule has 0 radical (unpaired) electrons. The van der Waals surface area contributed by atoms with Crippen LogP contribution in [0.25, 0.3) is 11.0 Å². The van der Waals surface area contributed by atoms with E-state index in [0.717, 1.165) is 32.4 Å². The number of rotatable bonds is 8. The SMILES string of the molecule is CCCCn1c[n+](CCCCS(=O)(=O)O)c2ccccc21.O=S(=O)([O-])O. The molecule has 1 heterocycles. The molecule has 0 amide bonds. The lowest BCUT2D eigenvalue weighted by Gasteiger charge is -1.98. The van der Waals surface area contributed by atoms with Gasteiger partial charge >= 0.3 is 0 Å². The van der Waals surface area contributed by atoms with Gasteiger partial charge in [0.15, 0.2) is 11.0 Å². The minimum atomic E-state index is -4.92. The molecule has 0 aliphatic heterocycles. The van der Waals surface area contributed by atoms with Crippen molar-refractivity contribution in [2.45, 2.75) is 45.7 Å². The number of aryl methyl sites for hydroxylation is 2. The molecule has 0 saturated carbocycles. The summed E-state index contributed by atoms with van der Waals surface area (Å²) in [6.07, 6.45) is 5.60. The highest BCUT2D eigenvalue weighted by atomic mass is 32.3. The van der Waals surface area contributed by atoms with E-state index < -0.39 is 20.5 Å². The molecule has 2 N–H and O–H groups in total. The fraction of sp³-hybridized carbons (Fsp3) is 0.533. The van der Waals surface area contributed by atoms with Crippen molar-refractivity contribution in [1.29, 1.82) is 0 Å². The molecule has 2 aromatic rings. The van der Waals surface area contributed by atoms with E-state index in [4.69, 9.17) is 22.1 Å². The molecule has 0 unspecified atom stereocenters. The van der Waals surface area contributed by atoms with Gasteiger partial charge in [-0.2, -0.15) is 8.42 Å². The summed E-state index contributed by atoms with van der Waals surface area (Å²) >= 11 is 0. The third kappa shape index (κ3) is 9.25. The van der Waals surface area contributed by atoms with E-state index in [2.05, 4.69) is 34.5 Å². The molecule has 0 saturated heterocycles. The number of imidazole rings is 1. The van der Waals surface area contributed by atoms with Gasteiger partial charge in [0.1, 0.15) is 0 Å². The van der Waals surface area contributed by atoms with Crippen molar-refractivity contribution in [3.63, 3.8) is 0 Å². The second kappa shape index (κ2) is 9.97. The first-order chi connectivity index (χ1) is 12.0. The predicted octanol–water partition coefficient (Wildman–Crippen LogP) is 1.40. The summed E-state index contributed by atoms with van der Waals surface area (Å²) in [6.45, 7) is 3.93. The van der Waals surface area contributed by atoms with Gasteiger partial charge in [0.05, 0.1) is 18.8 Å². The predicted molar refractivity (Wildman–Crippen MR) is 95.0 cm³/mol. The van der Waals surface area contributed by atoms with Crippen LogP contribution in [0.3, 0.4) is 0 Å². The maximum absolute atomic E-state index is 10.7. The molecule has 1 aromatic carbocycles. The average Bonchev–Trinajstić information content (AvgIpc) is 2.85. The third-order valence-electron chi connectivity index (χ3n) is 3.58. The smallest absolute Gasteiger partial charge is 0.264 e. The van der Waals surface area contributed by atoms with Crippen LogP contribution in [0, 0.1) is 0 Å². The Morgan fingerprint density at radius 3 is 2.27 bits per heavy atom. The summed E-state index contributed by atoms with van der Waals surface area (Å²) in [4.78, 5) is 0. The number of fused-ring (bicyclic) bond motifs is 1. The van der Waals surface area contributed by atoms with Crippen LogP contribution < -0.4 is 4.57 Å². The summed E-state index contributed by atoms with van der Waals surface area (Å²) in [6, 6.07) is 8.24. The van der Waals surface area contributed by atoms with E-state index in [1.165, 1.54) is 11.0 Å². The molecule has 0 spiro atoms. The number of benzene rings is 1. The van der Waals surface area contributed by atoms with Crippen LogP contribution in [0.1, 0.15) is 32.6 Å². The van der Waals surface area contributed by atoms with Gasteiger partial charge in [-0.25, -0.2) is 17.6 Å². The van der Waals surface area contributed by atoms with Gasteiger partial charge in [-0.1, -0.05) is 25.5 Å². The Morgan fingerprint density at radius 1 is 1.08 bits per heavy atom. The molecule has 1 aromatic heterocycles. The van der Waals surface area contributed by atoms with Gasteiger partial charge < -0.3 is 4.55 Å². The van der Waals surface area contributed by atoms with Crippen LogP contribution in [0.15, 0.2) is 30.6 Å². The molecule has 0 atom stereocenters. The minimum Gasteiger partial charge on any atom is -0.726 e. The summed E-state index contributed by atoms with van der Waals surface area (Å²) in [5.41, 5.74) is 2.38. The zero-order chi connectivity index (χ0) is 19.8. The number of aromatic nitrogens is 2. The lowest BCUT2D eigenvalue weighted by molar-refractivity contribution is -0.672. The van der Waals surface area contributed by atoms with Crippen LogP contribution in [0.4, 0.5) is 0 Å². The first kappa shape index (κ1) is 22.5. The van der Waals surface area contributed by atoms with E-state index in [9.17, 15) is 8.42 Å². The molecule has 148 valence electrons. The van der Waals surface area contributed by atoms with E-state index >= 15 is 0 Å². The van der Waals surface area contributed by atoms with Crippen molar-refractivity contribution in [2.75, 3.05) is 5.75 Å². The molecular formula is C15H24N2O7S2. The fourth-order valence-corrected chi connectivity index (χ4v) is 3.06. The van der Waals surface area contributed by atoms with Gasteiger partial charge in [-0.3, -0.25) is 9.11 Å². The van der Waals surface area contributed by atoms with E-state index in [1.54, 1.807) is 0 Å². The second-order valence-electron chi connectivity index (χ2n) is 5.77. The van der Waals surface area contributed by atoms with Crippen molar-refractivity contribution >= 4 is 31.6 Å². The lowest BCUT2D eigenvalue weighted by atomic mass is 10.3. The molecule has 9 nitrogen and oxygen atoms in total. The first-order valence-corrected chi connectivity index (χ1v) is 11.1. The molecule has 0 fully saturated rings. The summed E-state index contributed by atoms with van der Waals surface area (Å²) in [5, 5.41) is 0. The molecule has 26 heavy (non-hydrogen) atoms. The van der Waals surface area contributed by atoms with Crippen LogP contribution in [-0.2, 0) is 33.6 Å². The van der Waals surface area contributed by atoms with Crippen LogP contribution in [0.2, 0.25) is 0 Å². The highest BCUT2D eigenvalue weighted by Gasteiger charge is 2.14. The van der Waals surface area contributed by atoms with Gasteiger partial charge in [-0.15, -0.1) is 0 Å². The molecular weight excluding hydrogens is 384 g/mol. The summed E-state index contributed by atoms with van der Waals surface area (Å²) < 4.78 is 67.4. The standard InChI is InChI=1S/C15H22N2O3S.H2O4S/c1-2-3-10-16-13-17(11-6-7-12-21(18,19)20)15-9-5-4-8-14(15)16;1-5(2,3)4/h4-5,8-9,13H,2-3,6-7,10-12H2,1H3;(H2,1,2,3,4). The van der Waals surface area contributed by atoms with Gasteiger partial charge in [-0.05, 0) is 31.4 Å². The van der Waals surface area contributed by atoms with E-state index in [1.807, 2.05) is 12.1 Å². The lowest BCUT2D eigenvalue weighted by Crippen LogP contribution is -2.32.